The fraction of sp³-hybridized carbons (Fsp3) is 0.0769. The molecule has 0 aliphatic heterocycles. The molecule has 86 valence electrons. The number of ketones is 1. The van der Waals surface area contributed by atoms with Gasteiger partial charge in [0, 0.05) is 17.7 Å². The lowest BCUT2D eigenvalue weighted by atomic mass is 10.1. The van der Waals surface area contributed by atoms with Crippen LogP contribution in [0.1, 0.15) is 21.9 Å². The minimum absolute atomic E-state index is 0.167. The van der Waals surface area contributed by atoms with Crippen LogP contribution in [0.5, 0.6) is 0 Å². The molecule has 0 atom stereocenters. The van der Waals surface area contributed by atoms with E-state index in [2.05, 4.69) is 0 Å². The maximum Gasteiger partial charge on any atom is 0.186 e. The summed E-state index contributed by atoms with van der Waals surface area (Å²) >= 11 is 0. The molecule has 0 unspecified atom stereocenters. The van der Waals surface area contributed by atoms with Crippen LogP contribution in [0, 0.1) is 12.1 Å². The van der Waals surface area contributed by atoms with Crippen molar-refractivity contribution < 1.29 is 13.9 Å². The Hall–Kier alpha value is -2.36. The van der Waals surface area contributed by atoms with Crippen molar-refractivity contribution in [3.05, 3.63) is 65.0 Å². The van der Waals surface area contributed by atoms with Crippen molar-refractivity contribution in [3.8, 4) is 0 Å². The highest BCUT2D eigenvalue weighted by Gasteiger charge is 2.03. The summed E-state index contributed by atoms with van der Waals surface area (Å²) in [5.74, 6) is 1.26. The van der Waals surface area contributed by atoms with Gasteiger partial charge in [0.1, 0.15) is 11.5 Å². The molecule has 2 rings (SSSR count). The summed E-state index contributed by atoms with van der Waals surface area (Å²) in [4.78, 5) is 11.7. The van der Waals surface area contributed by atoms with E-state index in [9.17, 15) is 10.0 Å². The van der Waals surface area contributed by atoms with Crippen molar-refractivity contribution in [2.45, 2.75) is 6.92 Å². The molecule has 17 heavy (non-hydrogen) atoms. The van der Waals surface area contributed by atoms with Crippen LogP contribution in [0.15, 0.2) is 47.2 Å². The van der Waals surface area contributed by atoms with Gasteiger partial charge in [-0.1, -0.05) is 0 Å². The summed E-state index contributed by atoms with van der Waals surface area (Å²) in [5, 5.41) is 10.8. The Morgan fingerprint density at radius 1 is 1.29 bits per heavy atom. The molecule has 0 saturated heterocycles. The van der Waals surface area contributed by atoms with E-state index >= 15 is 0 Å². The van der Waals surface area contributed by atoms with Crippen LogP contribution in [0.25, 0.3) is 6.08 Å². The zero-order chi connectivity index (χ0) is 12.3. The van der Waals surface area contributed by atoms with Crippen molar-refractivity contribution >= 4 is 11.9 Å². The molecule has 0 N–H and O–H groups in total. The molecule has 0 spiro atoms. The predicted octanol–water partition coefficient (Wildman–Crippen LogP) is 2.12. The van der Waals surface area contributed by atoms with E-state index in [0.717, 1.165) is 5.76 Å². The normalized spacial score (nSPS) is 10.9. The third kappa shape index (κ3) is 2.81. The van der Waals surface area contributed by atoms with Crippen LogP contribution < -0.4 is 4.73 Å². The van der Waals surface area contributed by atoms with E-state index in [-0.39, 0.29) is 5.78 Å². The van der Waals surface area contributed by atoms with Gasteiger partial charge in [-0.3, -0.25) is 4.79 Å². The zero-order valence-corrected chi connectivity index (χ0v) is 9.29. The number of allylic oxidation sites excluding steroid dienone is 1. The number of aromatic nitrogens is 1. The number of rotatable bonds is 3. The van der Waals surface area contributed by atoms with E-state index in [1.807, 2.05) is 13.0 Å². The predicted molar refractivity (Wildman–Crippen MR) is 62.2 cm³/mol. The van der Waals surface area contributed by atoms with Crippen LogP contribution in [0.2, 0.25) is 0 Å². The SMILES string of the molecule is Cc1ccc(/C=C/C(=O)c2cc[n+]([O-])cc2)o1. The molecule has 0 saturated carbocycles. The first-order valence-corrected chi connectivity index (χ1v) is 5.13. The molecular formula is C13H11NO3. The van der Waals surface area contributed by atoms with Crippen LogP contribution in [0.4, 0.5) is 0 Å². The number of furan rings is 1. The Bertz CT molecular complexity index is 552. The summed E-state index contributed by atoms with van der Waals surface area (Å²) in [6.07, 6.45) is 5.60. The second-order valence-electron chi connectivity index (χ2n) is 3.59. The van der Waals surface area contributed by atoms with Crippen molar-refractivity contribution in [2.75, 3.05) is 0 Å². The Morgan fingerprint density at radius 3 is 2.59 bits per heavy atom. The van der Waals surface area contributed by atoms with Crippen LogP contribution in [0.3, 0.4) is 0 Å². The first kappa shape index (κ1) is 11.1. The van der Waals surface area contributed by atoms with E-state index < -0.39 is 0 Å². The van der Waals surface area contributed by atoms with Gasteiger partial charge in [0.15, 0.2) is 18.2 Å². The first-order valence-electron chi connectivity index (χ1n) is 5.13. The molecule has 2 heterocycles. The Morgan fingerprint density at radius 2 is 2.00 bits per heavy atom. The van der Waals surface area contributed by atoms with E-state index in [0.29, 0.717) is 16.1 Å². The Kier molecular flexibility index (Phi) is 3.05. The lowest BCUT2D eigenvalue weighted by Crippen LogP contribution is -2.24. The lowest BCUT2D eigenvalue weighted by molar-refractivity contribution is -0.605. The van der Waals surface area contributed by atoms with E-state index in [1.165, 1.54) is 30.6 Å². The number of hydrogen-bond acceptors (Lipinski definition) is 3. The van der Waals surface area contributed by atoms with Gasteiger partial charge in [0.25, 0.3) is 0 Å². The van der Waals surface area contributed by atoms with Crippen molar-refractivity contribution in [2.24, 2.45) is 0 Å². The second kappa shape index (κ2) is 4.65. The molecule has 2 aromatic heterocycles. The fourth-order valence-electron chi connectivity index (χ4n) is 1.37. The van der Waals surface area contributed by atoms with Gasteiger partial charge in [-0.05, 0) is 31.2 Å². The number of hydrogen-bond donors (Lipinski definition) is 0. The van der Waals surface area contributed by atoms with E-state index in [1.54, 1.807) is 12.1 Å². The second-order valence-corrected chi connectivity index (χ2v) is 3.59. The standard InChI is InChI=1S/C13H11NO3/c1-10-2-3-12(17-10)4-5-13(15)11-6-8-14(16)9-7-11/h2-9H,1H3/b5-4+. The summed E-state index contributed by atoms with van der Waals surface area (Å²) in [6, 6.07) is 6.57. The largest absolute Gasteiger partial charge is 0.619 e. The van der Waals surface area contributed by atoms with Gasteiger partial charge >= 0.3 is 0 Å². The van der Waals surface area contributed by atoms with Gasteiger partial charge in [0.05, 0.1) is 0 Å². The van der Waals surface area contributed by atoms with E-state index in [4.69, 9.17) is 4.42 Å². The number of aryl methyl sites for hydroxylation is 1. The minimum atomic E-state index is -0.167. The first-order chi connectivity index (χ1) is 8.15. The molecule has 0 amide bonds. The van der Waals surface area contributed by atoms with Crippen LogP contribution >= 0.6 is 0 Å². The van der Waals surface area contributed by atoms with Crippen molar-refractivity contribution in [1.82, 2.24) is 0 Å². The third-order valence-electron chi connectivity index (χ3n) is 2.25. The average molecular weight is 229 g/mol. The van der Waals surface area contributed by atoms with Crippen LogP contribution in [-0.2, 0) is 0 Å². The van der Waals surface area contributed by atoms with Crippen LogP contribution in [-0.4, -0.2) is 5.78 Å². The van der Waals surface area contributed by atoms with Gasteiger partial charge in [-0.2, -0.15) is 4.73 Å². The zero-order valence-electron chi connectivity index (χ0n) is 9.29. The molecule has 0 fully saturated rings. The minimum Gasteiger partial charge on any atom is -0.619 e. The molecule has 4 nitrogen and oxygen atoms in total. The highest BCUT2D eigenvalue weighted by molar-refractivity contribution is 6.06. The number of pyridine rings is 1. The number of nitrogens with zero attached hydrogens (tertiary/aromatic N) is 1. The maximum atomic E-state index is 11.7. The van der Waals surface area contributed by atoms with Gasteiger partial charge in [-0.25, -0.2) is 0 Å². The number of carbonyl (C=O) groups excluding carboxylic acids is 1. The average Bonchev–Trinajstić information content (AvgIpc) is 2.73. The smallest absolute Gasteiger partial charge is 0.186 e. The highest BCUT2D eigenvalue weighted by atomic mass is 16.5. The molecule has 2 aromatic rings. The molecule has 0 aliphatic carbocycles. The Balaban J connectivity index is 2.11. The molecular weight excluding hydrogens is 218 g/mol. The highest BCUT2D eigenvalue weighted by Crippen LogP contribution is 2.09. The molecule has 4 heteroatoms. The lowest BCUT2D eigenvalue weighted by Gasteiger charge is -1.96. The fourth-order valence-corrected chi connectivity index (χ4v) is 1.37. The third-order valence-corrected chi connectivity index (χ3v) is 2.25. The summed E-state index contributed by atoms with van der Waals surface area (Å²) in [6.45, 7) is 1.84. The molecule has 0 bridgehead atoms. The number of carbonyl (C=O) groups is 1. The van der Waals surface area contributed by atoms with Gasteiger partial charge in [0.2, 0.25) is 0 Å². The quantitative estimate of drug-likeness (QED) is 0.350. The van der Waals surface area contributed by atoms with Crippen molar-refractivity contribution in [3.63, 3.8) is 0 Å². The topological polar surface area (TPSA) is 57.1 Å². The Labute approximate surface area is 98.4 Å². The summed E-state index contributed by atoms with van der Waals surface area (Å²) in [7, 11) is 0. The molecule has 0 radical (unpaired) electrons. The maximum absolute atomic E-state index is 11.7. The summed E-state index contributed by atoms with van der Waals surface area (Å²) < 4.78 is 5.93. The van der Waals surface area contributed by atoms with Crippen molar-refractivity contribution in [1.29, 1.82) is 0 Å². The monoisotopic (exact) mass is 229 g/mol. The van der Waals surface area contributed by atoms with Gasteiger partial charge < -0.3 is 9.62 Å². The summed E-state index contributed by atoms with van der Waals surface area (Å²) in [5.41, 5.74) is 0.469. The molecule has 0 aliphatic rings. The van der Waals surface area contributed by atoms with Gasteiger partial charge in [-0.15, -0.1) is 0 Å². The molecule has 0 aromatic carbocycles.